The predicted molar refractivity (Wildman–Crippen MR) is 97.4 cm³/mol. The molecule has 5 heteroatoms. The summed E-state index contributed by atoms with van der Waals surface area (Å²) < 4.78 is 0. The molecular weight excluding hydrogens is 314 g/mol. The van der Waals surface area contributed by atoms with Gasteiger partial charge in [0.1, 0.15) is 0 Å². The van der Waals surface area contributed by atoms with E-state index in [1.807, 2.05) is 21.9 Å². The molecule has 1 fully saturated rings. The number of nitrogens with one attached hydrogen (secondary N) is 1. The summed E-state index contributed by atoms with van der Waals surface area (Å²) in [4.78, 5) is 31.7. The topological polar surface area (TPSA) is 56.4 Å². The number of aromatic nitrogens is 1. The summed E-state index contributed by atoms with van der Waals surface area (Å²) in [6, 6.07) is 9.99. The van der Waals surface area contributed by atoms with Crippen molar-refractivity contribution in [3.8, 4) is 0 Å². The molecule has 2 aromatic rings. The summed E-state index contributed by atoms with van der Waals surface area (Å²) >= 11 is 0. The minimum atomic E-state index is 0.0375. The Balaban J connectivity index is 1.53. The van der Waals surface area contributed by atoms with Crippen molar-refractivity contribution in [1.82, 2.24) is 14.8 Å². The zero-order valence-corrected chi connectivity index (χ0v) is 14.7. The lowest BCUT2D eigenvalue weighted by Crippen LogP contribution is -2.37. The van der Waals surface area contributed by atoms with E-state index < -0.39 is 0 Å². The predicted octanol–water partition coefficient (Wildman–Crippen LogP) is 2.63. The van der Waals surface area contributed by atoms with E-state index in [-0.39, 0.29) is 11.8 Å². The third-order valence-corrected chi connectivity index (χ3v) is 4.85. The van der Waals surface area contributed by atoms with E-state index in [0.29, 0.717) is 31.6 Å². The summed E-state index contributed by atoms with van der Waals surface area (Å²) in [5.41, 5.74) is 3.14. The van der Waals surface area contributed by atoms with Gasteiger partial charge in [0, 0.05) is 45.0 Å². The van der Waals surface area contributed by atoms with Crippen LogP contribution in [0.25, 0.3) is 0 Å². The van der Waals surface area contributed by atoms with Crippen LogP contribution < -0.4 is 0 Å². The average molecular weight is 339 g/mol. The Morgan fingerprint density at radius 3 is 2.56 bits per heavy atom. The number of rotatable bonds is 4. The van der Waals surface area contributed by atoms with Gasteiger partial charge >= 0.3 is 0 Å². The number of hydrogen-bond donors (Lipinski definition) is 1. The van der Waals surface area contributed by atoms with E-state index in [1.54, 1.807) is 18.5 Å². The normalized spacial score (nSPS) is 15.1. The van der Waals surface area contributed by atoms with Gasteiger partial charge in [-0.15, -0.1) is 0 Å². The van der Waals surface area contributed by atoms with Gasteiger partial charge < -0.3 is 14.8 Å². The van der Waals surface area contributed by atoms with Gasteiger partial charge in [-0.1, -0.05) is 24.3 Å². The fraction of sp³-hybridized carbons (Fsp3) is 0.400. The summed E-state index contributed by atoms with van der Waals surface area (Å²) in [7, 11) is 0. The quantitative estimate of drug-likeness (QED) is 0.931. The number of carbonyl (C=O) groups is 2. The van der Waals surface area contributed by atoms with Gasteiger partial charge in [-0.25, -0.2) is 0 Å². The van der Waals surface area contributed by atoms with Gasteiger partial charge in [-0.2, -0.15) is 0 Å². The average Bonchev–Trinajstić information content (AvgIpc) is 3.04. The number of benzene rings is 1. The first-order valence-corrected chi connectivity index (χ1v) is 8.89. The Labute approximate surface area is 148 Å². The maximum Gasteiger partial charge on any atom is 0.255 e. The number of hydrogen-bond acceptors (Lipinski definition) is 2. The first-order chi connectivity index (χ1) is 12.1. The second-order valence-corrected chi connectivity index (χ2v) is 6.55. The molecule has 5 nitrogen and oxygen atoms in total. The van der Waals surface area contributed by atoms with E-state index in [2.05, 4.69) is 24.0 Å². The number of aryl methyl sites for hydroxylation is 2. The second kappa shape index (κ2) is 8.01. The molecule has 0 spiro atoms. The van der Waals surface area contributed by atoms with Gasteiger partial charge in [0.15, 0.2) is 0 Å². The molecule has 0 aliphatic carbocycles. The number of aromatic amines is 1. The van der Waals surface area contributed by atoms with Crippen LogP contribution in [-0.4, -0.2) is 52.8 Å². The lowest BCUT2D eigenvalue weighted by atomic mass is 10.0. The second-order valence-electron chi connectivity index (χ2n) is 6.55. The van der Waals surface area contributed by atoms with Gasteiger partial charge in [0.05, 0.1) is 5.56 Å². The van der Waals surface area contributed by atoms with Crippen LogP contribution in [0.15, 0.2) is 42.7 Å². The Hall–Kier alpha value is -2.56. The van der Waals surface area contributed by atoms with Crippen molar-refractivity contribution in [2.75, 3.05) is 26.2 Å². The van der Waals surface area contributed by atoms with Gasteiger partial charge in [-0.05, 0) is 37.0 Å². The Kier molecular flexibility index (Phi) is 5.53. The number of H-pyrrole nitrogens is 1. The molecule has 2 amide bonds. The molecule has 1 aromatic carbocycles. The van der Waals surface area contributed by atoms with Crippen LogP contribution in [0, 0.1) is 6.92 Å². The Bertz CT molecular complexity index is 724. The molecule has 1 aromatic heterocycles. The van der Waals surface area contributed by atoms with E-state index in [1.165, 1.54) is 11.1 Å². The zero-order valence-electron chi connectivity index (χ0n) is 14.7. The van der Waals surface area contributed by atoms with Gasteiger partial charge in [0.2, 0.25) is 5.91 Å². The first kappa shape index (κ1) is 17.3. The zero-order chi connectivity index (χ0) is 17.6. The molecule has 0 saturated carbocycles. The largest absolute Gasteiger partial charge is 0.367 e. The fourth-order valence-electron chi connectivity index (χ4n) is 3.30. The van der Waals surface area contributed by atoms with Crippen molar-refractivity contribution in [2.24, 2.45) is 0 Å². The molecule has 0 bridgehead atoms. The molecule has 1 aliphatic heterocycles. The van der Waals surface area contributed by atoms with Crippen LogP contribution >= 0.6 is 0 Å². The highest BCUT2D eigenvalue weighted by Crippen LogP contribution is 2.13. The minimum absolute atomic E-state index is 0.0375. The molecule has 0 unspecified atom stereocenters. The van der Waals surface area contributed by atoms with Gasteiger partial charge in [-0.3, -0.25) is 9.59 Å². The Morgan fingerprint density at radius 2 is 1.80 bits per heavy atom. The number of amides is 2. The van der Waals surface area contributed by atoms with Gasteiger partial charge in [0.25, 0.3) is 5.91 Å². The maximum atomic E-state index is 12.6. The molecule has 1 aliphatic rings. The molecule has 1 N–H and O–H groups in total. The monoisotopic (exact) mass is 339 g/mol. The van der Waals surface area contributed by atoms with Crippen molar-refractivity contribution < 1.29 is 9.59 Å². The van der Waals surface area contributed by atoms with Crippen LogP contribution in [0.4, 0.5) is 0 Å². The molecule has 0 atom stereocenters. The van der Waals surface area contributed by atoms with Crippen molar-refractivity contribution in [3.63, 3.8) is 0 Å². The lowest BCUT2D eigenvalue weighted by Gasteiger charge is -2.22. The highest BCUT2D eigenvalue weighted by molar-refractivity contribution is 5.94. The van der Waals surface area contributed by atoms with E-state index in [9.17, 15) is 9.59 Å². The number of carbonyl (C=O) groups excluding carboxylic acids is 2. The summed E-state index contributed by atoms with van der Waals surface area (Å²) in [5.74, 6) is 0.217. The van der Waals surface area contributed by atoms with E-state index >= 15 is 0 Å². The summed E-state index contributed by atoms with van der Waals surface area (Å²) in [6.45, 7) is 4.72. The molecule has 132 valence electrons. The number of nitrogens with zero attached hydrogens (tertiary/aromatic N) is 2. The smallest absolute Gasteiger partial charge is 0.255 e. The van der Waals surface area contributed by atoms with Crippen LogP contribution in [0.3, 0.4) is 0 Å². The SMILES string of the molecule is Cc1ccccc1CCC(=O)N1CCCN(C(=O)c2cc[nH]c2)CC1. The van der Waals surface area contributed by atoms with Crippen LogP contribution in [0.5, 0.6) is 0 Å². The van der Waals surface area contributed by atoms with Crippen molar-refractivity contribution in [3.05, 3.63) is 59.4 Å². The third-order valence-electron chi connectivity index (χ3n) is 4.85. The molecule has 0 radical (unpaired) electrons. The molecule has 2 heterocycles. The highest BCUT2D eigenvalue weighted by Gasteiger charge is 2.22. The van der Waals surface area contributed by atoms with Crippen LogP contribution in [0.1, 0.15) is 34.3 Å². The molecule has 3 rings (SSSR count). The first-order valence-electron chi connectivity index (χ1n) is 8.89. The molecule has 1 saturated heterocycles. The van der Waals surface area contributed by atoms with Crippen molar-refractivity contribution in [1.29, 1.82) is 0 Å². The lowest BCUT2D eigenvalue weighted by molar-refractivity contribution is -0.131. The fourth-order valence-corrected chi connectivity index (χ4v) is 3.30. The summed E-state index contributed by atoms with van der Waals surface area (Å²) in [6.07, 6.45) is 5.60. The summed E-state index contributed by atoms with van der Waals surface area (Å²) in [5, 5.41) is 0. The molecular formula is C20H25N3O2. The van der Waals surface area contributed by atoms with E-state index in [0.717, 1.165) is 19.4 Å². The van der Waals surface area contributed by atoms with Crippen molar-refractivity contribution in [2.45, 2.75) is 26.2 Å². The van der Waals surface area contributed by atoms with E-state index in [4.69, 9.17) is 0 Å². The molecule has 25 heavy (non-hydrogen) atoms. The standard InChI is InChI=1S/C20H25N3O2/c1-16-5-2-3-6-17(16)7-8-19(24)22-11-4-12-23(14-13-22)20(25)18-9-10-21-15-18/h2-3,5-6,9-10,15,21H,4,7-8,11-14H2,1H3. The van der Waals surface area contributed by atoms with Crippen molar-refractivity contribution >= 4 is 11.8 Å². The van der Waals surface area contributed by atoms with Crippen LogP contribution in [0.2, 0.25) is 0 Å². The minimum Gasteiger partial charge on any atom is -0.367 e. The third kappa shape index (κ3) is 4.29. The Morgan fingerprint density at radius 1 is 1.04 bits per heavy atom. The van der Waals surface area contributed by atoms with Crippen LogP contribution in [-0.2, 0) is 11.2 Å². The highest BCUT2D eigenvalue weighted by atomic mass is 16.2. The maximum absolute atomic E-state index is 12.6.